The summed E-state index contributed by atoms with van der Waals surface area (Å²) in [6.45, 7) is 3.48. The second-order valence-electron chi connectivity index (χ2n) is 7.17. The summed E-state index contributed by atoms with van der Waals surface area (Å²) in [6, 6.07) is 0.944. The summed E-state index contributed by atoms with van der Waals surface area (Å²) < 4.78 is 108. The Hall–Kier alpha value is -1.86. The van der Waals surface area contributed by atoms with Crippen molar-refractivity contribution in [3.05, 3.63) is 34.4 Å². The fraction of sp³-hybridized carbons (Fsp3) is 0.588. The molecule has 3 nitrogen and oxygen atoms in total. The molecule has 1 aromatic carbocycles. The average molecular weight is 399 g/mol. The minimum Gasteiger partial charge on any atom is -0.375 e. The van der Waals surface area contributed by atoms with Crippen molar-refractivity contribution < 1.29 is 40.2 Å². The number of rotatable bonds is 1. The van der Waals surface area contributed by atoms with Gasteiger partial charge in [-0.3, -0.25) is 0 Å². The number of hydrogen-bond donors (Lipinski definition) is 0. The first-order valence-electron chi connectivity index (χ1n) is 7.88. The Kier molecular flexibility index (Phi) is 5.78. The van der Waals surface area contributed by atoms with Crippen LogP contribution in [0.1, 0.15) is 38.0 Å². The number of halogens is 7. The molecule has 0 aliphatic carbocycles. The Balaban J connectivity index is 2.76. The minimum absolute atomic E-state index is 0.310. The zero-order chi connectivity index (χ0) is 20.7. The quantitative estimate of drug-likeness (QED) is 0.504. The first-order chi connectivity index (χ1) is 12.3. The predicted molar refractivity (Wildman–Crippen MR) is 78.4 cm³/mol. The molecule has 1 heterocycles. The van der Waals surface area contributed by atoms with E-state index >= 15 is 0 Å². The third kappa shape index (κ3) is 3.89. The molecule has 3 unspecified atom stereocenters. The highest BCUT2D eigenvalue weighted by molar-refractivity contribution is 5.39. The van der Waals surface area contributed by atoms with E-state index in [1.807, 2.05) is 0 Å². The summed E-state index contributed by atoms with van der Waals surface area (Å²) >= 11 is 0. The fourth-order valence-electron chi connectivity index (χ4n) is 3.11. The normalized spacial score (nSPS) is 24.4. The van der Waals surface area contributed by atoms with Gasteiger partial charge < -0.3 is 9.47 Å². The van der Waals surface area contributed by atoms with Gasteiger partial charge in [-0.2, -0.15) is 18.4 Å². The molecule has 10 heteroatoms. The third-order valence-corrected chi connectivity index (χ3v) is 4.26. The monoisotopic (exact) mass is 399 g/mol. The molecule has 0 N–H and O–H groups in total. The van der Waals surface area contributed by atoms with E-state index in [1.54, 1.807) is 0 Å². The van der Waals surface area contributed by atoms with Gasteiger partial charge in [0, 0.05) is 0 Å². The van der Waals surface area contributed by atoms with Crippen LogP contribution < -0.4 is 0 Å². The average Bonchev–Trinajstić information content (AvgIpc) is 2.76. The molecule has 0 aromatic heterocycles. The predicted octanol–water partition coefficient (Wildman–Crippen LogP) is 4.80. The Bertz CT molecular complexity index is 736. The zero-order valence-corrected chi connectivity index (χ0v) is 14.6. The minimum atomic E-state index is -5.06. The molecule has 27 heavy (non-hydrogen) atoms. The standard InChI is InChI=1S/C17H16F7NO2/c1-16(2,3)15-9(17(22,23)24)14(26-4-5-27-15)8-12(20)10(18)7(6-25)11(19)13(8)21/h9,14-15H,4-5H2,1-3H3. The van der Waals surface area contributed by atoms with Gasteiger partial charge in [0.15, 0.2) is 23.3 Å². The van der Waals surface area contributed by atoms with E-state index < -0.39 is 70.7 Å². The van der Waals surface area contributed by atoms with Gasteiger partial charge >= 0.3 is 6.18 Å². The van der Waals surface area contributed by atoms with E-state index in [2.05, 4.69) is 0 Å². The topological polar surface area (TPSA) is 42.2 Å². The number of alkyl halides is 3. The molecule has 0 spiro atoms. The maximum atomic E-state index is 14.4. The molecule has 3 atom stereocenters. The van der Waals surface area contributed by atoms with Crippen molar-refractivity contribution >= 4 is 0 Å². The van der Waals surface area contributed by atoms with Crippen molar-refractivity contribution in [3.8, 4) is 6.07 Å². The highest BCUT2D eigenvalue weighted by atomic mass is 19.4. The van der Waals surface area contributed by atoms with Crippen LogP contribution in [-0.2, 0) is 9.47 Å². The lowest BCUT2D eigenvalue weighted by Crippen LogP contribution is -2.46. The van der Waals surface area contributed by atoms with Gasteiger partial charge in [0.1, 0.15) is 23.7 Å². The van der Waals surface area contributed by atoms with Crippen LogP contribution >= 0.6 is 0 Å². The lowest BCUT2D eigenvalue weighted by atomic mass is 9.76. The second-order valence-corrected chi connectivity index (χ2v) is 7.17. The Morgan fingerprint density at radius 2 is 1.37 bits per heavy atom. The molecule has 1 saturated heterocycles. The summed E-state index contributed by atoms with van der Waals surface area (Å²) in [4.78, 5) is 0. The van der Waals surface area contributed by atoms with Gasteiger partial charge in [-0.15, -0.1) is 0 Å². The number of nitrogens with zero attached hydrogens (tertiary/aromatic N) is 1. The van der Waals surface area contributed by atoms with Crippen LogP contribution in [0.3, 0.4) is 0 Å². The van der Waals surface area contributed by atoms with Crippen LogP contribution in [0.25, 0.3) is 0 Å². The van der Waals surface area contributed by atoms with Crippen molar-refractivity contribution in [1.82, 2.24) is 0 Å². The first kappa shape index (κ1) is 21.4. The van der Waals surface area contributed by atoms with E-state index in [0.717, 1.165) is 6.07 Å². The molecule has 1 aromatic rings. The van der Waals surface area contributed by atoms with E-state index in [0.29, 0.717) is 0 Å². The molecular weight excluding hydrogens is 383 g/mol. The molecule has 0 bridgehead atoms. The maximum Gasteiger partial charge on any atom is 0.397 e. The van der Waals surface area contributed by atoms with E-state index in [9.17, 15) is 30.7 Å². The number of nitriles is 1. The van der Waals surface area contributed by atoms with Gasteiger partial charge in [-0.05, 0) is 5.41 Å². The summed E-state index contributed by atoms with van der Waals surface area (Å²) in [5, 5.41) is 8.63. The van der Waals surface area contributed by atoms with Crippen LogP contribution in [0.4, 0.5) is 30.7 Å². The van der Waals surface area contributed by atoms with Gasteiger partial charge in [-0.25, -0.2) is 17.6 Å². The second kappa shape index (κ2) is 7.28. The maximum absolute atomic E-state index is 14.4. The SMILES string of the molecule is CC(C)(C)C1OCCOC(c2c(F)c(F)c(C#N)c(F)c2F)C1C(F)(F)F. The lowest BCUT2D eigenvalue weighted by Gasteiger charge is -2.39. The first-order valence-corrected chi connectivity index (χ1v) is 7.88. The summed E-state index contributed by atoms with van der Waals surface area (Å²) in [7, 11) is 0. The fourth-order valence-corrected chi connectivity index (χ4v) is 3.11. The van der Waals surface area contributed by atoms with Crippen LogP contribution in [-0.4, -0.2) is 25.5 Å². The third-order valence-electron chi connectivity index (χ3n) is 4.26. The van der Waals surface area contributed by atoms with Crippen molar-refractivity contribution in [2.24, 2.45) is 11.3 Å². The lowest BCUT2D eigenvalue weighted by molar-refractivity contribution is -0.240. The highest BCUT2D eigenvalue weighted by Gasteiger charge is 2.56. The number of benzene rings is 1. The zero-order valence-electron chi connectivity index (χ0n) is 14.6. The van der Waals surface area contributed by atoms with E-state index in [-0.39, 0.29) is 6.61 Å². The van der Waals surface area contributed by atoms with Gasteiger partial charge in [0.25, 0.3) is 0 Å². The number of hydrogen-bond acceptors (Lipinski definition) is 3. The molecule has 1 fully saturated rings. The van der Waals surface area contributed by atoms with E-state index in [4.69, 9.17) is 14.7 Å². The van der Waals surface area contributed by atoms with Crippen molar-refractivity contribution in [2.45, 2.75) is 39.2 Å². The number of ether oxygens (including phenoxy) is 2. The molecular formula is C17H16F7NO2. The van der Waals surface area contributed by atoms with Crippen molar-refractivity contribution in [3.63, 3.8) is 0 Å². The molecule has 0 saturated carbocycles. The summed E-state index contributed by atoms with van der Waals surface area (Å²) in [5.74, 6) is -10.9. The Morgan fingerprint density at radius 3 is 1.78 bits per heavy atom. The smallest absolute Gasteiger partial charge is 0.375 e. The van der Waals surface area contributed by atoms with Crippen LogP contribution in [0.2, 0.25) is 0 Å². The largest absolute Gasteiger partial charge is 0.397 e. The molecule has 0 amide bonds. The molecule has 150 valence electrons. The van der Waals surface area contributed by atoms with Crippen molar-refractivity contribution in [2.75, 3.05) is 13.2 Å². The molecule has 0 radical (unpaired) electrons. The van der Waals surface area contributed by atoms with Gasteiger partial charge in [0.2, 0.25) is 0 Å². The summed E-state index contributed by atoms with van der Waals surface area (Å²) in [5.41, 5.74) is -4.25. The highest BCUT2D eigenvalue weighted by Crippen LogP contribution is 2.49. The summed E-state index contributed by atoms with van der Waals surface area (Å²) in [6.07, 6.45) is -9.06. The van der Waals surface area contributed by atoms with Crippen LogP contribution in [0.15, 0.2) is 0 Å². The van der Waals surface area contributed by atoms with Gasteiger partial charge in [0.05, 0.1) is 24.9 Å². The molecule has 1 aliphatic rings. The van der Waals surface area contributed by atoms with Crippen LogP contribution in [0, 0.1) is 45.9 Å². The van der Waals surface area contributed by atoms with Gasteiger partial charge in [-0.1, -0.05) is 20.8 Å². The Labute approximate surface area is 150 Å². The Morgan fingerprint density at radius 1 is 0.889 bits per heavy atom. The molecule has 1 aliphatic heterocycles. The van der Waals surface area contributed by atoms with E-state index in [1.165, 1.54) is 20.8 Å². The van der Waals surface area contributed by atoms with Crippen LogP contribution in [0.5, 0.6) is 0 Å². The van der Waals surface area contributed by atoms with Crippen molar-refractivity contribution in [1.29, 1.82) is 5.26 Å². The molecule has 2 rings (SSSR count).